The van der Waals surface area contributed by atoms with E-state index in [9.17, 15) is 18.0 Å². The minimum atomic E-state index is -3.31. The molecule has 6 nitrogen and oxygen atoms in total. The molecule has 3 rings (SSSR count). The van der Waals surface area contributed by atoms with E-state index in [0.717, 1.165) is 44.6 Å². The number of benzene rings is 2. The largest absolute Gasteiger partial charge is 0.489 e. The van der Waals surface area contributed by atoms with Crippen LogP contribution in [0.25, 0.3) is 0 Å². The van der Waals surface area contributed by atoms with E-state index in [4.69, 9.17) is 4.74 Å². The summed E-state index contributed by atoms with van der Waals surface area (Å²) in [5, 5.41) is 0. The van der Waals surface area contributed by atoms with Crippen molar-refractivity contribution in [2.45, 2.75) is 68.6 Å². The van der Waals surface area contributed by atoms with Gasteiger partial charge in [-0.25, -0.2) is 8.42 Å². The Balaban J connectivity index is 0.000000501. The van der Waals surface area contributed by atoms with E-state index < -0.39 is 20.6 Å². The molecule has 0 radical (unpaired) electrons. The van der Waals surface area contributed by atoms with Gasteiger partial charge >= 0.3 is 12.4 Å². The van der Waals surface area contributed by atoms with Gasteiger partial charge in [0.25, 0.3) is 0 Å². The maximum absolute atomic E-state index is 13.2. The Kier molecular flexibility index (Phi) is 9.24. The molecule has 168 valence electrons. The third-order valence-corrected chi connectivity index (χ3v) is 8.31. The summed E-state index contributed by atoms with van der Waals surface area (Å²) in [6.45, 7) is 3.74. The van der Waals surface area contributed by atoms with E-state index in [1.54, 1.807) is 24.3 Å². The second-order valence-electron chi connectivity index (χ2n) is 7.55. The summed E-state index contributed by atoms with van der Waals surface area (Å²) in [7, 11) is -3.31. The van der Waals surface area contributed by atoms with Gasteiger partial charge in [0.2, 0.25) is 0 Å². The SMILES string of the molecule is CC(=O)OC=O.CCC1(S(=O)(=O)c2ccc(OCc3ccccc3)cc2)CCCCC1. The molecule has 2 aromatic rings. The highest BCUT2D eigenvalue weighted by atomic mass is 32.2. The van der Waals surface area contributed by atoms with Crippen LogP contribution in [0.2, 0.25) is 0 Å². The average Bonchev–Trinajstić information content (AvgIpc) is 2.79. The number of hydrogen-bond donors (Lipinski definition) is 0. The van der Waals surface area contributed by atoms with E-state index in [2.05, 4.69) is 4.74 Å². The lowest BCUT2D eigenvalue weighted by molar-refractivity contribution is -0.149. The second kappa shape index (κ2) is 11.6. The molecule has 0 atom stereocenters. The molecule has 0 amide bonds. The van der Waals surface area contributed by atoms with Gasteiger partial charge in [-0.15, -0.1) is 0 Å². The van der Waals surface area contributed by atoms with Crippen LogP contribution in [0.1, 0.15) is 57.9 Å². The van der Waals surface area contributed by atoms with E-state index >= 15 is 0 Å². The Labute approximate surface area is 184 Å². The molecule has 2 aromatic carbocycles. The Morgan fingerprint density at radius 2 is 1.61 bits per heavy atom. The summed E-state index contributed by atoms with van der Waals surface area (Å²) in [6, 6.07) is 16.9. The second-order valence-corrected chi connectivity index (χ2v) is 9.90. The van der Waals surface area contributed by atoms with Gasteiger partial charge in [-0.05, 0) is 49.1 Å². The highest BCUT2D eigenvalue weighted by Gasteiger charge is 2.43. The van der Waals surface area contributed by atoms with Crippen molar-refractivity contribution in [1.29, 1.82) is 0 Å². The Bertz CT molecular complexity index is 930. The Hall–Kier alpha value is -2.67. The zero-order valence-corrected chi connectivity index (χ0v) is 18.9. The average molecular weight is 447 g/mol. The van der Waals surface area contributed by atoms with Gasteiger partial charge in [0, 0.05) is 6.92 Å². The fourth-order valence-corrected chi connectivity index (χ4v) is 5.98. The molecule has 1 aliphatic carbocycles. The number of esters is 1. The lowest BCUT2D eigenvalue weighted by Crippen LogP contribution is -2.40. The maximum Gasteiger partial charge on any atom is 0.310 e. The van der Waals surface area contributed by atoms with E-state index in [0.29, 0.717) is 23.7 Å². The van der Waals surface area contributed by atoms with E-state index in [-0.39, 0.29) is 6.47 Å². The van der Waals surface area contributed by atoms with Gasteiger partial charge in [0.1, 0.15) is 12.4 Å². The minimum absolute atomic E-state index is 0.0995. The summed E-state index contributed by atoms with van der Waals surface area (Å²) in [4.78, 5) is 19.2. The third kappa shape index (κ3) is 6.66. The molecule has 0 bridgehead atoms. The van der Waals surface area contributed by atoms with E-state index in [1.807, 2.05) is 37.3 Å². The highest BCUT2D eigenvalue weighted by Crippen LogP contribution is 2.41. The summed E-state index contributed by atoms with van der Waals surface area (Å²) in [5.74, 6) is 0.113. The fourth-order valence-electron chi connectivity index (χ4n) is 3.78. The third-order valence-electron chi connectivity index (χ3n) is 5.58. The van der Waals surface area contributed by atoms with Crippen molar-refractivity contribution >= 4 is 22.3 Å². The molecule has 7 heteroatoms. The Morgan fingerprint density at radius 1 is 1.00 bits per heavy atom. The van der Waals surface area contributed by atoms with Crippen LogP contribution in [0.15, 0.2) is 59.5 Å². The topological polar surface area (TPSA) is 86.7 Å². The predicted octanol–water partition coefficient (Wildman–Crippen LogP) is 4.86. The first-order chi connectivity index (χ1) is 14.8. The van der Waals surface area contributed by atoms with Gasteiger partial charge in [0.15, 0.2) is 9.84 Å². The zero-order valence-electron chi connectivity index (χ0n) is 18.1. The number of sulfone groups is 1. The highest BCUT2D eigenvalue weighted by molar-refractivity contribution is 7.92. The maximum atomic E-state index is 13.2. The van der Waals surface area contributed by atoms with Gasteiger partial charge in [-0.2, -0.15) is 0 Å². The fraction of sp³-hybridized carbons (Fsp3) is 0.417. The first-order valence-electron chi connectivity index (χ1n) is 10.5. The van der Waals surface area contributed by atoms with Gasteiger partial charge in [0.05, 0.1) is 9.64 Å². The van der Waals surface area contributed by atoms with Crippen LogP contribution in [-0.2, 0) is 30.8 Å². The molecular formula is C24H30O6S. The summed E-state index contributed by atoms with van der Waals surface area (Å²) in [6.07, 6.45) is 5.39. The van der Waals surface area contributed by atoms with Gasteiger partial charge in [-0.3, -0.25) is 9.59 Å². The molecule has 0 N–H and O–H groups in total. The van der Waals surface area contributed by atoms with Crippen LogP contribution >= 0.6 is 0 Å². The first kappa shape index (κ1) is 24.6. The van der Waals surface area contributed by atoms with E-state index in [1.165, 1.54) is 0 Å². The molecule has 0 spiro atoms. The smallest absolute Gasteiger partial charge is 0.310 e. The first-order valence-corrected chi connectivity index (χ1v) is 12.0. The molecule has 1 aliphatic rings. The summed E-state index contributed by atoms with van der Waals surface area (Å²) < 4.78 is 35.3. The summed E-state index contributed by atoms with van der Waals surface area (Å²) in [5.41, 5.74) is 1.09. The van der Waals surface area contributed by atoms with Crippen molar-refractivity contribution in [1.82, 2.24) is 0 Å². The predicted molar refractivity (Wildman–Crippen MR) is 118 cm³/mol. The number of carbonyl (C=O) groups is 2. The molecule has 0 aromatic heterocycles. The molecule has 1 fully saturated rings. The van der Waals surface area contributed by atoms with Crippen molar-refractivity contribution in [3.63, 3.8) is 0 Å². The number of hydrogen-bond acceptors (Lipinski definition) is 6. The molecule has 0 heterocycles. The molecule has 1 saturated carbocycles. The molecular weight excluding hydrogens is 416 g/mol. The zero-order chi connectivity index (χ0) is 22.7. The van der Waals surface area contributed by atoms with Crippen LogP contribution in [0.3, 0.4) is 0 Å². The minimum Gasteiger partial charge on any atom is -0.489 e. The monoisotopic (exact) mass is 446 g/mol. The van der Waals surface area contributed by atoms with Crippen molar-refractivity contribution in [3.05, 3.63) is 60.2 Å². The molecule has 0 unspecified atom stereocenters. The lowest BCUT2D eigenvalue weighted by Gasteiger charge is -2.35. The van der Waals surface area contributed by atoms with Crippen molar-refractivity contribution in [3.8, 4) is 5.75 Å². The standard InChI is InChI=1S/C21H26O3S.C3H4O3/c1-2-21(15-7-4-8-16-21)25(22,23)20-13-11-19(12-14-20)24-17-18-9-5-3-6-10-18;1-3(5)6-2-4/h3,5-6,9-14H,2,4,7-8,15-17H2,1H3;2H,1H3. The number of carbonyl (C=O) groups excluding carboxylic acids is 2. The van der Waals surface area contributed by atoms with Crippen LogP contribution < -0.4 is 4.74 Å². The van der Waals surface area contributed by atoms with Crippen molar-refractivity contribution < 1.29 is 27.5 Å². The quantitative estimate of drug-likeness (QED) is 0.343. The number of ether oxygens (including phenoxy) is 2. The molecule has 0 saturated heterocycles. The van der Waals surface area contributed by atoms with Gasteiger partial charge < -0.3 is 9.47 Å². The molecule has 31 heavy (non-hydrogen) atoms. The van der Waals surface area contributed by atoms with Crippen molar-refractivity contribution in [2.24, 2.45) is 0 Å². The summed E-state index contributed by atoms with van der Waals surface area (Å²) >= 11 is 0. The van der Waals surface area contributed by atoms with Crippen molar-refractivity contribution in [2.75, 3.05) is 0 Å². The molecule has 0 aliphatic heterocycles. The Morgan fingerprint density at radius 3 is 2.10 bits per heavy atom. The van der Waals surface area contributed by atoms with Gasteiger partial charge in [-0.1, -0.05) is 56.5 Å². The number of rotatable bonds is 7. The normalized spacial score (nSPS) is 15.2. The lowest BCUT2D eigenvalue weighted by atomic mass is 9.86. The van der Waals surface area contributed by atoms with Crippen LogP contribution in [0.4, 0.5) is 0 Å². The van der Waals surface area contributed by atoms with Crippen LogP contribution in [0, 0.1) is 0 Å². The van der Waals surface area contributed by atoms with Crippen LogP contribution in [0.5, 0.6) is 5.75 Å². The van der Waals surface area contributed by atoms with Crippen LogP contribution in [-0.4, -0.2) is 25.6 Å².